The highest BCUT2D eigenvalue weighted by atomic mass is 16.3. The first-order valence-electron chi connectivity index (χ1n) is 19.0. The molecule has 0 heterocycles. The van der Waals surface area contributed by atoms with E-state index in [0.717, 1.165) is 25.7 Å². The van der Waals surface area contributed by atoms with Gasteiger partial charge < -0.3 is 10.2 Å². The molecule has 0 amide bonds. The molecule has 0 bridgehead atoms. The van der Waals surface area contributed by atoms with Crippen LogP contribution in [-0.4, -0.2) is 22.9 Å². The van der Waals surface area contributed by atoms with E-state index in [2.05, 4.69) is 13.8 Å². The molecular weight excluding hydrogens is 488 g/mol. The molecule has 0 spiro atoms. The molecule has 0 aromatic heterocycles. The van der Waals surface area contributed by atoms with Crippen LogP contribution in [-0.2, 0) is 0 Å². The lowest BCUT2D eigenvalue weighted by Gasteiger charge is -2.23. The van der Waals surface area contributed by atoms with Gasteiger partial charge in [-0.25, -0.2) is 0 Å². The Hall–Kier alpha value is -0.0800. The van der Waals surface area contributed by atoms with Gasteiger partial charge in [-0.3, -0.25) is 0 Å². The molecule has 0 saturated carbocycles. The second-order valence-electron chi connectivity index (χ2n) is 13.3. The molecule has 0 aliphatic heterocycles. The molecule has 0 fully saturated rings. The largest absolute Gasteiger partial charge is 0.396 e. The molecule has 2 unspecified atom stereocenters. The Bertz CT molecular complexity index is 437. The lowest BCUT2D eigenvalue weighted by molar-refractivity contribution is 0.0801. The van der Waals surface area contributed by atoms with Crippen LogP contribution in [0.1, 0.15) is 226 Å². The zero-order chi connectivity index (χ0) is 29.2. The molecule has 2 heteroatoms. The second kappa shape index (κ2) is 35.1. The normalized spacial score (nSPS) is 13.2. The minimum Gasteiger partial charge on any atom is -0.396 e. The summed E-state index contributed by atoms with van der Waals surface area (Å²) in [4.78, 5) is 0. The summed E-state index contributed by atoms with van der Waals surface area (Å²) < 4.78 is 0. The summed E-state index contributed by atoms with van der Waals surface area (Å²) in [6, 6.07) is 0. The van der Waals surface area contributed by atoms with Gasteiger partial charge in [-0.15, -0.1) is 0 Å². The molecule has 242 valence electrons. The molecule has 40 heavy (non-hydrogen) atoms. The summed E-state index contributed by atoms with van der Waals surface area (Å²) in [5.74, 6) is 0.399. The van der Waals surface area contributed by atoms with Crippen LogP contribution in [0.5, 0.6) is 0 Å². The van der Waals surface area contributed by atoms with Crippen LogP contribution in [0.15, 0.2) is 0 Å². The maximum absolute atomic E-state index is 10.9. The zero-order valence-electron chi connectivity index (χ0n) is 28.1. The van der Waals surface area contributed by atoms with Crippen molar-refractivity contribution in [3.8, 4) is 0 Å². The van der Waals surface area contributed by atoms with Gasteiger partial charge in [-0.2, -0.15) is 0 Å². The van der Waals surface area contributed by atoms with Crippen molar-refractivity contribution < 1.29 is 10.2 Å². The van der Waals surface area contributed by atoms with Crippen LogP contribution in [0.25, 0.3) is 0 Å². The van der Waals surface area contributed by atoms with Crippen molar-refractivity contribution in [2.75, 3.05) is 6.61 Å². The third-order valence-electron chi connectivity index (χ3n) is 9.31. The predicted molar refractivity (Wildman–Crippen MR) is 180 cm³/mol. The number of unbranched alkanes of at least 4 members (excludes halogenated alkanes) is 27. The second-order valence-corrected chi connectivity index (χ2v) is 13.3. The Morgan fingerprint density at radius 2 is 0.575 bits per heavy atom. The van der Waals surface area contributed by atoms with E-state index in [4.69, 9.17) is 0 Å². The Kier molecular flexibility index (Phi) is 35.0. The highest BCUT2D eigenvalue weighted by Crippen LogP contribution is 2.24. The predicted octanol–water partition coefficient (Wildman–Crippen LogP) is 12.9. The third-order valence-corrected chi connectivity index (χ3v) is 9.31. The number of hydrogen-bond donors (Lipinski definition) is 2. The average Bonchev–Trinajstić information content (AvgIpc) is 2.96. The molecule has 0 rings (SSSR count). The number of rotatable bonds is 35. The smallest absolute Gasteiger partial charge is 0.0568 e. The molecule has 2 N–H and O–H groups in total. The van der Waals surface area contributed by atoms with Gasteiger partial charge in [0.15, 0.2) is 0 Å². The average molecular weight is 567 g/mol. The van der Waals surface area contributed by atoms with Crippen LogP contribution in [0.4, 0.5) is 0 Å². The van der Waals surface area contributed by atoms with Crippen molar-refractivity contribution in [2.24, 2.45) is 5.92 Å². The van der Waals surface area contributed by atoms with Crippen molar-refractivity contribution in [1.82, 2.24) is 0 Å². The Morgan fingerprint density at radius 3 is 0.875 bits per heavy atom. The van der Waals surface area contributed by atoms with Gasteiger partial charge in [0.1, 0.15) is 0 Å². The van der Waals surface area contributed by atoms with Crippen molar-refractivity contribution in [3.05, 3.63) is 0 Å². The fourth-order valence-corrected chi connectivity index (χ4v) is 6.44. The van der Waals surface area contributed by atoms with Crippen LogP contribution < -0.4 is 0 Å². The van der Waals surface area contributed by atoms with Gasteiger partial charge in [-0.05, 0) is 31.6 Å². The molecule has 0 aliphatic rings. The molecular formula is C38H78O2. The first kappa shape index (κ1) is 39.9. The minimum atomic E-state index is -0.157. The topological polar surface area (TPSA) is 40.5 Å². The van der Waals surface area contributed by atoms with Crippen molar-refractivity contribution >= 4 is 0 Å². The molecule has 0 aromatic rings. The SMILES string of the molecule is CCCCCCCCCCCCCCCCCCCC(O)C(CCCO)CCCCCCCCCCCCCC. The monoisotopic (exact) mass is 567 g/mol. The lowest BCUT2D eigenvalue weighted by Crippen LogP contribution is -2.21. The van der Waals surface area contributed by atoms with E-state index >= 15 is 0 Å². The maximum Gasteiger partial charge on any atom is 0.0568 e. The Labute approximate surface area is 254 Å². The van der Waals surface area contributed by atoms with E-state index in [1.807, 2.05) is 0 Å². The molecule has 0 saturated heterocycles. The van der Waals surface area contributed by atoms with Crippen molar-refractivity contribution in [1.29, 1.82) is 0 Å². The fraction of sp³-hybridized carbons (Fsp3) is 1.00. The highest BCUT2D eigenvalue weighted by Gasteiger charge is 2.18. The Balaban J connectivity index is 3.58. The van der Waals surface area contributed by atoms with E-state index < -0.39 is 0 Å². The van der Waals surface area contributed by atoms with Gasteiger partial charge in [0, 0.05) is 6.61 Å². The zero-order valence-corrected chi connectivity index (χ0v) is 28.1. The highest BCUT2D eigenvalue weighted by molar-refractivity contribution is 4.70. The summed E-state index contributed by atoms with van der Waals surface area (Å²) in [6.45, 7) is 4.85. The van der Waals surface area contributed by atoms with Crippen LogP contribution in [0.2, 0.25) is 0 Å². The van der Waals surface area contributed by atoms with E-state index in [1.54, 1.807) is 0 Å². The van der Waals surface area contributed by atoms with Crippen LogP contribution in [0, 0.1) is 5.92 Å². The minimum absolute atomic E-state index is 0.157. The maximum atomic E-state index is 10.9. The first-order chi connectivity index (χ1) is 19.8. The summed E-state index contributed by atoms with van der Waals surface area (Å²) in [5.41, 5.74) is 0. The summed E-state index contributed by atoms with van der Waals surface area (Å²) in [7, 11) is 0. The van der Waals surface area contributed by atoms with Gasteiger partial charge >= 0.3 is 0 Å². The standard InChI is InChI=1S/C38H78O2/c1-3-5-7-9-11-13-15-17-18-19-20-21-23-25-27-29-31-35-38(40)37(34-32-36-39)33-30-28-26-24-22-16-14-12-10-8-6-4-2/h37-40H,3-36H2,1-2H3. The van der Waals surface area contributed by atoms with Gasteiger partial charge in [-0.1, -0.05) is 200 Å². The number of aliphatic hydroxyl groups excluding tert-OH is 2. The quantitative estimate of drug-likeness (QED) is 0.0749. The van der Waals surface area contributed by atoms with E-state index in [9.17, 15) is 10.2 Å². The van der Waals surface area contributed by atoms with E-state index in [-0.39, 0.29) is 12.7 Å². The number of aliphatic hydroxyl groups is 2. The molecule has 0 aliphatic carbocycles. The Morgan fingerprint density at radius 1 is 0.325 bits per heavy atom. The summed E-state index contributed by atoms with van der Waals surface area (Å²) >= 11 is 0. The van der Waals surface area contributed by atoms with Gasteiger partial charge in [0.25, 0.3) is 0 Å². The number of hydrogen-bond acceptors (Lipinski definition) is 2. The van der Waals surface area contributed by atoms with Gasteiger partial charge in [0.05, 0.1) is 6.10 Å². The van der Waals surface area contributed by atoms with Crippen molar-refractivity contribution in [3.63, 3.8) is 0 Å². The van der Waals surface area contributed by atoms with Crippen LogP contribution in [0.3, 0.4) is 0 Å². The fourth-order valence-electron chi connectivity index (χ4n) is 6.44. The summed E-state index contributed by atoms with van der Waals surface area (Å²) in [6.07, 6.45) is 44.2. The van der Waals surface area contributed by atoms with Gasteiger partial charge in [0.2, 0.25) is 0 Å². The van der Waals surface area contributed by atoms with E-state index in [0.29, 0.717) is 5.92 Å². The lowest BCUT2D eigenvalue weighted by atomic mass is 9.88. The van der Waals surface area contributed by atoms with Crippen LogP contribution >= 0.6 is 0 Å². The molecule has 2 nitrogen and oxygen atoms in total. The first-order valence-corrected chi connectivity index (χ1v) is 19.0. The molecule has 0 radical (unpaired) electrons. The molecule has 0 aromatic carbocycles. The van der Waals surface area contributed by atoms with E-state index in [1.165, 1.54) is 186 Å². The third kappa shape index (κ3) is 30.9. The molecule has 2 atom stereocenters. The summed E-state index contributed by atoms with van der Waals surface area (Å²) in [5, 5.41) is 20.2. The van der Waals surface area contributed by atoms with Crippen molar-refractivity contribution in [2.45, 2.75) is 232 Å².